The first-order valence-electron chi connectivity index (χ1n) is 10.5. The van der Waals surface area contributed by atoms with Crippen LogP contribution in [0.1, 0.15) is 36.2 Å². The van der Waals surface area contributed by atoms with E-state index in [4.69, 9.17) is 14.5 Å². The van der Waals surface area contributed by atoms with Crippen molar-refractivity contribution in [1.82, 2.24) is 14.9 Å². The molecule has 3 heterocycles. The molecule has 7 nitrogen and oxygen atoms in total. The van der Waals surface area contributed by atoms with Gasteiger partial charge < -0.3 is 19.3 Å². The van der Waals surface area contributed by atoms with Crippen LogP contribution in [0.15, 0.2) is 24.4 Å². The van der Waals surface area contributed by atoms with Gasteiger partial charge in [0.2, 0.25) is 5.91 Å². The minimum atomic E-state index is -0.345. The van der Waals surface area contributed by atoms with Gasteiger partial charge in [-0.1, -0.05) is 12.1 Å². The Morgan fingerprint density at radius 2 is 1.97 bits per heavy atom. The van der Waals surface area contributed by atoms with E-state index in [0.717, 1.165) is 55.1 Å². The molecule has 2 aliphatic heterocycles. The van der Waals surface area contributed by atoms with Crippen LogP contribution in [0.3, 0.4) is 0 Å². The average Bonchev–Trinajstić information content (AvgIpc) is 3.17. The third-order valence-electron chi connectivity index (χ3n) is 6.37. The largest absolute Gasteiger partial charge is 0.493 e. The van der Waals surface area contributed by atoms with E-state index in [1.807, 2.05) is 36.9 Å². The van der Waals surface area contributed by atoms with Crippen LogP contribution in [-0.2, 0) is 11.3 Å². The SMILES string of the molecule is COc1cccc(CN2CCCC3(CCN(c4nc(C)cnc4C)C3)C2=O)c1OC. The van der Waals surface area contributed by atoms with Crippen LogP contribution in [-0.4, -0.2) is 54.6 Å². The highest BCUT2D eigenvalue weighted by Crippen LogP contribution is 2.42. The second kappa shape index (κ2) is 8.13. The van der Waals surface area contributed by atoms with Crippen LogP contribution in [0.25, 0.3) is 0 Å². The highest BCUT2D eigenvalue weighted by Gasteiger charge is 2.49. The van der Waals surface area contributed by atoms with Gasteiger partial charge in [-0.05, 0) is 39.2 Å². The van der Waals surface area contributed by atoms with Gasteiger partial charge in [0.1, 0.15) is 5.82 Å². The Balaban J connectivity index is 1.55. The van der Waals surface area contributed by atoms with Gasteiger partial charge in [0.15, 0.2) is 11.5 Å². The Morgan fingerprint density at radius 3 is 2.73 bits per heavy atom. The van der Waals surface area contributed by atoms with Crippen LogP contribution in [0.2, 0.25) is 0 Å². The summed E-state index contributed by atoms with van der Waals surface area (Å²) in [5.74, 6) is 2.53. The van der Waals surface area contributed by atoms with Crippen LogP contribution in [0, 0.1) is 19.3 Å². The summed E-state index contributed by atoms with van der Waals surface area (Å²) in [6, 6.07) is 5.82. The lowest BCUT2D eigenvalue weighted by atomic mass is 9.78. The molecule has 1 aromatic heterocycles. The van der Waals surface area contributed by atoms with Gasteiger partial charge in [-0.2, -0.15) is 0 Å². The Hall–Kier alpha value is -2.83. The van der Waals surface area contributed by atoms with Crippen molar-refractivity contribution in [1.29, 1.82) is 0 Å². The van der Waals surface area contributed by atoms with E-state index in [0.29, 0.717) is 24.6 Å². The number of anilines is 1. The molecule has 1 aromatic carbocycles. The van der Waals surface area contributed by atoms with Crippen LogP contribution in [0.5, 0.6) is 11.5 Å². The summed E-state index contributed by atoms with van der Waals surface area (Å²) < 4.78 is 11.0. The minimum absolute atomic E-state index is 0.236. The zero-order chi connectivity index (χ0) is 21.3. The highest BCUT2D eigenvalue weighted by molar-refractivity contribution is 5.85. The fourth-order valence-corrected chi connectivity index (χ4v) is 4.84. The molecule has 0 radical (unpaired) electrons. The van der Waals surface area contributed by atoms with Gasteiger partial charge in [-0.15, -0.1) is 0 Å². The minimum Gasteiger partial charge on any atom is -0.493 e. The van der Waals surface area contributed by atoms with Gasteiger partial charge in [0, 0.05) is 37.9 Å². The molecule has 2 fully saturated rings. The van der Waals surface area contributed by atoms with Gasteiger partial charge in [-0.3, -0.25) is 9.78 Å². The highest BCUT2D eigenvalue weighted by atomic mass is 16.5. The van der Waals surface area contributed by atoms with Crippen LogP contribution < -0.4 is 14.4 Å². The number of ether oxygens (including phenoxy) is 2. The van der Waals surface area contributed by atoms with Crippen molar-refractivity contribution in [3.63, 3.8) is 0 Å². The lowest BCUT2D eigenvalue weighted by Gasteiger charge is -2.39. The Bertz CT molecular complexity index is 948. The number of aromatic nitrogens is 2. The predicted octanol–water partition coefficient (Wildman–Crippen LogP) is 3.13. The number of carbonyl (C=O) groups is 1. The lowest BCUT2D eigenvalue weighted by molar-refractivity contribution is -0.145. The Kier molecular flexibility index (Phi) is 5.54. The number of hydrogen-bond acceptors (Lipinski definition) is 6. The van der Waals surface area contributed by atoms with Crippen molar-refractivity contribution in [2.75, 3.05) is 38.8 Å². The third kappa shape index (κ3) is 3.57. The number of benzene rings is 1. The zero-order valence-corrected chi connectivity index (χ0v) is 18.3. The number of para-hydroxylation sites is 1. The summed E-state index contributed by atoms with van der Waals surface area (Å²) in [4.78, 5) is 27.0. The molecule has 2 aliphatic rings. The molecule has 0 N–H and O–H groups in total. The second-order valence-corrected chi connectivity index (χ2v) is 8.36. The molecule has 0 aliphatic carbocycles. The van der Waals surface area contributed by atoms with Crippen molar-refractivity contribution in [2.24, 2.45) is 5.41 Å². The smallest absolute Gasteiger partial charge is 0.230 e. The summed E-state index contributed by atoms with van der Waals surface area (Å²) in [7, 11) is 3.27. The number of nitrogens with zero attached hydrogens (tertiary/aromatic N) is 4. The molecule has 1 amide bonds. The topological polar surface area (TPSA) is 67.8 Å². The van der Waals surface area contributed by atoms with Crippen molar-refractivity contribution in [3.05, 3.63) is 41.3 Å². The number of piperidine rings is 1. The maximum Gasteiger partial charge on any atom is 0.230 e. The molecule has 160 valence electrons. The number of carbonyl (C=O) groups excluding carboxylic acids is 1. The fourth-order valence-electron chi connectivity index (χ4n) is 4.84. The molecular weight excluding hydrogens is 380 g/mol. The second-order valence-electron chi connectivity index (χ2n) is 8.36. The molecule has 1 atom stereocenters. The number of rotatable bonds is 5. The van der Waals surface area contributed by atoms with Crippen molar-refractivity contribution >= 4 is 11.7 Å². The van der Waals surface area contributed by atoms with Crippen LogP contribution >= 0.6 is 0 Å². The number of methoxy groups -OCH3 is 2. The predicted molar refractivity (Wildman–Crippen MR) is 115 cm³/mol. The summed E-state index contributed by atoms with van der Waals surface area (Å²) in [5, 5.41) is 0. The third-order valence-corrected chi connectivity index (χ3v) is 6.37. The monoisotopic (exact) mass is 410 g/mol. The number of amides is 1. The lowest BCUT2D eigenvalue weighted by Crippen LogP contribution is -2.49. The van der Waals surface area contributed by atoms with E-state index < -0.39 is 0 Å². The fraction of sp³-hybridized carbons (Fsp3) is 0.522. The maximum absolute atomic E-state index is 13.6. The molecule has 30 heavy (non-hydrogen) atoms. The molecule has 1 unspecified atom stereocenters. The quantitative estimate of drug-likeness (QED) is 0.754. The number of hydrogen-bond donors (Lipinski definition) is 0. The first kappa shape index (κ1) is 20.4. The van der Waals surface area contributed by atoms with E-state index in [9.17, 15) is 4.79 Å². The van der Waals surface area contributed by atoms with Crippen LogP contribution in [0.4, 0.5) is 5.82 Å². The summed E-state index contributed by atoms with van der Waals surface area (Å²) in [5.41, 5.74) is 2.44. The molecule has 0 bridgehead atoms. The van der Waals surface area contributed by atoms with E-state index in [2.05, 4.69) is 9.88 Å². The van der Waals surface area contributed by atoms with Gasteiger partial charge in [0.25, 0.3) is 0 Å². The molecule has 2 aromatic rings. The molecule has 1 spiro atoms. The van der Waals surface area contributed by atoms with E-state index >= 15 is 0 Å². The number of likely N-dealkylation sites (tertiary alicyclic amines) is 1. The van der Waals surface area contributed by atoms with Crippen molar-refractivity contribution < 1.29 is 14.3 Å². The summed E-state index contributed by atoms with van der Waals surface area (Å²) in [6.07, 6.45) is 4.57. The first-order valence-corrected chi connectivity index (χ1v) is 10.5. The number of aryl methyl sites for hydroxylation is 2. The summed E-state index contributed by atoms with van der Waals surface area (Å²) in [6.45, 7) is 6.78. The van der Waals surface area contributed by atoms with Gasteiger partial charge in [0.05, 0.1) is 31.0 Å². The maximum atomic E-state index is 13.6. The van der Waals surface area contributed by atoms with E-state index in [1.165, 1.54) is 0 Å². The standard InChI is InChI=1S/C23H30N4O3/c1-16-13-24-17(2)21(25-16)27-12-10-23(15-27)9-6-11-26(22(23)28)14-18-7-5-8-19(29-3)20(18)30-4/h5,7-8,13H,6,9-12,14-15H2,1-4H3. The first-order chi connectivity index (χ1) is 14.5. The van der Waals surface area contributed by atoms with Gasteiger partial charge in [-0.25, -0.2) is 4.98 Å². The summed E-state index contributed by atoms with van der Waals surface area (Å²) >= 11 is 0. The van der Waals surface area contributed by atoms with Crippen molar-refractivity contribution in [3.8, 4) is 11.5 Å². The van der Waals surface area contributed by atoms with Gasteiger partial charge >= 0.3 is 0 Å². The molecule has 4 rings (SSSR count). The Labute approximate surface area is 178 Å². The molecule has 0 saturated carbocycles. The zero-order valence-electron chi connectivity index (χ0n) is 18.3. The molecule has 2 saturated heterocycles. The van der Waals surface area contributed by atoms with E-state index in [-0.39, 0.29) is 11.3 Å². The Morgan fingerprint density at radius 1 is 1.13 bits per heavy atom. The average molecular weight is 411 g/mol. The van der Waals surface area contributed by atoms with Crippen molar-refractivity contribution in [2.45, 2.75) is 39.7 Å². The molecular formula is C23H30N4O3. The van der Waals surface area contributed by atoms with E-state index in [1.54, 1.807) is 20.4 Å². The molecule has 7 heteroatoms. The normalized spacial score (nSPS) is 21.4.